The highest BCUT2D eigenvalue weighted by atomic mass is 32.1. The van der Waals surface area contributed by atoms with Gasteiger partial charge in [0.05, 0.1) is 6.54 Å². The lowest BCUT2D eigenvalue weighted by molar-refractivity contribution is -0.122. The molecule has 0 saturated heterocycles. The van der Waals surface area contributed by atoms with E-state index in [1.165, 1.54) is 10.4 Å². The Morgan fingerprint density at radius 3 is 2.72 bits per heavy atom. The molecule has 0 aliphatic rings. The van der Waals surface area contributed by atoms with Crippen molar-refractivity contribution in [3.05, 3.63) is 21.9 Å². The summed E-state index contributed by atoms with van der Waals surface area (Å²) in [6, 6.07) is 2.01. The van der Waals surface area contributed by atoms with E-state index >= 15 is 0 Å². The number of nitrogens with two attached hydrogens (primary N) is 1. The number of amides is 1. The van der Waals surface area contributed by atoms with Crippen LogP contribution < -0.4 is 11.1 Å². The van der Waals surface area contributed by atoms with Gasteiger partial charge in [0.25, 0.3) is 0 Å². The molecule has 0 fully saturated rings. The van der Waals surface area contributed by atoms with Gasteiger partial charge in [-0.2, -0.15) is 0 Å². The molecule has 0 aliphatic carbocycles. The zero-order valence-electron chi connectivity index (χ0n) is 11.7. The normalized spacial score (nSPS) is 13.4. The van der Waals surface area contributed by atoms with Crippen LogP contribution in [0.15, 0.2) is 11.4 Å². The van der Waals surface area contributed by atoms with Gasteiger partial charge >= 0.3 is 0 Å². The van der Waals surface area contributed by atoms with Crippen molar-refractivity contribution < 1.29 is 4.79 Å². The van der Waals surface area contributed by atoms with Crippen LogP contribution in [0.25, 0.3) is 0 Å². The largest absolute Gasteiger partial charge is 0.351 e. The van der Waals surface area contributed by atoms with Gasteiger partial charge in [-0.25, -0.2) is 0 Å². The molecule has 1 atom stereocenters. The van der Waals surface area contributed by atoms with Crippen LogP contribution in [0, 0.1) is 5.41 Å². The molecule has 4 heteroatoms. The minimum absolute atomic E-state index is 0.0329. The Morgan fingerprint density at radius 1 is 1.50 bits per heavy atom. The summed E-state index contributed by atoms with van der Waals surface area (Å²) in [5.41, 5.74) is 7.29. The number of carbonyl (C=O) groups excluding carboxylic acids is 1. The van der Waals surface area contributed by atoms with Gasteiger partial charge in [-0.3, -0.25) is 4.79 Å². The molecule has 0 aromatic carbocycles. The third kappa shape index (κ3) is 4.42. The van der Waals surface area contributed by atoms with Gasteiger partial charge in [0.2, 0.25) is 5.91 Å². The molecule has 0 spiro atoms. The second kappa shape index (κ2) is 6.34. The van der Waals surface area contributed by atoms with Gasteiger partial charge < -0.3 is 11.1 Å². The van der Waals surface area contributed by atoms with E-state index in [2.05, 4.69) is 44.5 Å². The van der Waals surface area contributed by atoms with Crippen LogP contribution in [0.4, 0.5) is 0 Å². The van der Waals surface area contributed by atoms with Crippen molar-refractivity contribution in [1.29, 1.82) is 0 Å². The number of hydrogen-bond donors (Lipinski definition) is 2. The molecule has 3 N–H and O–H groups in total. The maximum Gasteiger partial charge on any atom is 0.221 e. The molecule has 1 amide bonds. The highest BCUT2D eigenvalue weighted by Crippen LogP contribution is 2.20. The van der Waals surface area contributed by atoms with Gasteiger partial charge in [-0.1, -0.05) is 27.7 Å². The maximum absolute atomic E-state index is 11.8. The van der Waals surface area contributed by atoms with Crippen LogP contribution in [-0.2, 0) is 17.8 Å². The number of aryl methyl sites for hydroxylation is 1. The van der Waals surface area contributed by atoms with Crippen LogP contribution in [0.5, 0.6) is 0 Å². The number of rotatable bonds is 5. The van der Waals surface area contributed by atoms with Crippen molar-refractivity contribution in [3.63, 3.8) is 0 Å². The Bertz CT molecular complexity index is 393. The van der Waals surface area contributed by atoms with Crippen LogP contribution >= 0.6 is 11.3 Å². The van der Waals surface area contributed by atoms with Crippen LogP contribution in [0.1, 0.15) is 44.6 Å². The standard InChI is InChI=1S/C14H24N2OS/c1-5-10-6-7-18-11(10)9-16-13(17)8-12(15)14(2,3)4/h6-7,12H,5,8-9,15H2,1-4H3,(H,16,17). The fraction of sp³-hybridized carbons (Fsp3) is 0.643. The summed E-state index contributed by atoms with van der Waals surface area (Å²) in [7, 11) is 0. The molecule has 3 nitrogen and oxygen atoms in total. The molecule has 18 heavy (non-hydrogen) atoms. The molecule has 0 aliphatic heterocycles. The molecular weight excluding hydrogens is 244 g/mol. The predicted octanol–water partition coefficient (Wildman–Crippen LogP) is 2.69. The first-order chi connectivity index (χ1) is 8.34. The number of hydrogen-bond acceptors (Lipinski definition) is 3. The van der Waals surface area contributed by atoms with Crippen molar-refractivity contribution in [1.82, 2.24) is 5.32 Å². The first kappa shape index (κ1) is 15.2. The highest BCUT2D eigenvalue weighted by molar-refractivity contribution is 7.10. The molecule has 1 heterocycles. The van der Waals surface area contributed by atoms with E-state index in [0.29, 0.717) is 13.0 Å². The SMILES string of the molecule is CCc1ccsc1CNC(=O)CC(N)C(C)(C)C. The Labute approximate surface area is 114 Å². The summed E-state index contributed by atoms with van der Waals surface area (Å²) in [6.07, 6.45) is 1.40. The van der Waals surface area contributed by atoms with Crippen molar-refractivity contribution >= 4 is 17.2 Å². The average molecular weight is 268 g/mol. The van der Waals surface area contributed by atoms with Gasteiger partial charge in [0, 0.05) is 17.3 Å². The number of carbonyl (C=O) groups is 1. The molecule has 1 aromatic rings. The zero-order chi connectivity index (χ0) is 13.8. The van der Waals surface area contributed by atoms with Crippen LogP contribution in [0.3, 0.4) is 0 Å². The predicted molar refractivity (Wildman–Crippen MR) is 77.6 cm³/mol. The minimum Gasteiger partial charge on any atom is -0.351 e. The Hall–Kier alpha value is -0.870. The van der Waals surface area contributed by atoms with Crippen LogP contribution in [0.2, 0.25) is 0 Å². The van der Waals surface area contributed by atoms with Gasteiger partial charge in [0.1, 0.15) is 0 Å². The molecule has 102 valence electrons. The minimum atomic E-state index is -0.105. The van der Waals surface area contributed by atoms with E-state index in [1.54, 1.807) is 11.3 Å². The number of thiophene rings is 1. The molecule has 0 bridgehead atoms. The van der Waals surface area contributed by atoms with E-state index in [4.69, 9.17) is 5.73 Å². The van der Waals surface area contributed by atoms with Gasteiger partial charge in [-0.05, 0) is 28.8 Å². The van der Waals surface area contributed by atoms with Gasteiger partial charge in [-0.15, -0.1) is 11.3 Å². The van der Waals surface area contributed by atoms with E-state index in [1.807, 2.05) is 0 Å². The molecule has 1 unspecified atom stereocenters. The van der Waals surface area contributed by atoms with E-state index in [0.717, 1.165) is 6.42 Å². The summed E-state index contributed by atoms with van der Waals surface area (Å²) in [5, 5.41) is 5.02. The first-order valence-electron chi connectivity index (χ1n) is 6.42. The summed E-state index contributed by atoms with van der Waals surface area (Å²) in [6.45, 7) is 8.91. The summed E-state index contributed by atoms with van der Waals surface area (Å²) < 4.78 is 0. The lowest BCUT2D eigenvalue weighted by Crippen LogP contribution is -2.40. The quantitative estimate of drug-likeness (QED) is 0.862. The van der Waals surface area contributed by atoms with Crippen molar-refractivity contribution in [2.24, 2.45) is 11.1 Å². The summed E-state index contributed by atoms with van der Waals surface area (Å²) in [4.78, 5) is 13.1. The maximum atomic E-state index is 11.8. The second-order valence-corrected chi connectivity index (χ2v) is 6.68. The fourth-order valence-corrected chi connectivity index (χ4v) is 2.51. The molecule has 0 saturated carbocycles. The Balaban J connectivity index is 2.43. The zero-order valence-corrected chi connectivity index (χ0v) is 12.6. The molecule has 1 aromatic heterocycles. The third-order valence-corrected chi connectivity index (χ3v) is 4.15. The third-order valence-electron chi connectivity index (χ3n) is 3.18. The van der Waals surface area contributed by atoms with E-state index in [9.17, 15) is 4.79 Å². The smallest absolute Gasteiger partial charge is 0.221 e. The fourth-order valence-electron chi connectivity index (χ4n) is 1.59. The average Bonchev–Trinajstić information content (AvgIpc) is 2.72. The van der Waals surface area contributed by atoms with Crippen molar-refractivity contribution in [2.75, 3.05) is 0 Å². The van der Waals surface area contributed by atoms with Crippen molar-refractivity contribution in [2.45, 2.75) is 53.1 Å². The van der Waals surface area contributed by atoms with E-state index < -0.39 is 0 Å². The van der Waals surface area contributed by atoms with E-state index in [-0.39, 0.29) is 17.4 Å². The molecule has 0 radical (unpaired) electrons. The first-order valence-corrected chi connectivity index (χ1v) is 7.30. The second-order valence-electron chi connectivity index (χ2n) is 5.68. The van der Waals surface area contributed by atoms with Crippen LogP contribution in [-0.4, -0.2) is 11.9 Å². The van der Waals surface area contributed by atoms with Gasteiger partial charge in [0.15, 0.2) is 0 Å². The topological polar surface area (TPSA) is 55.1 Å². The Morgan fingerprint density at radius 2 is 2.17 bits per heavy atom. The highest BCUT2D eigenvalue weighted by Gasteiger charge is 2.23. The lowest BCUT2D eigenvalue weighted by Gasteiger charge is -2.26. The lowest BCUT2D eigenvalue weighted by atomic mass is 9.85. The monoisotopic (exact) mass is 268 g/mol. The van der Waals surface area contributed by atoms with Crippen molar-refractivity contribution in [3.8, 4) is 0 Å². The summed E-state index contributed by atoms with van der Waals surface area (Å²) in [5.74, 6) is 0.0351. The Kier molecular flexibility index (Phi) is 5.35. The number of nitrogens with one attached hydrogen (secondary N) is 1. The molecule has 1 rings (SSSR count). The molecular formula is C14H24N2OS. The summed E-state index contributed by atoms with van der Waals surface area (Å²) >= 11 is 1.69.